The van der Waals surface area contributed by atoms with Crippen LogP contribution in [0.25, 0.3) is 6.08 Å². The second kappa shape index (κ2) is 6.42. The molecule has 0 spiro atoms. The van der Waals surface area contributed by atoms with Crippen molar-refractivity contribution in [2.24, 2.45) is 0 Å². The van der Waals surface area contributed by atoms with E-state index in [4.69, 9.17) is 9.47 Å². The van der Waals surface area contributed by atoms with Crippen molar-refractivity contribution in [3.05, 3.63) is 58.9 Å². The highest BCUT2D eigenvalue weighted by atomic mass is 19.1. The van der Waals surface area contributed by atoms with Gasteiger partial charge in [0.2, 0.25) is 6.79 Å². The van der Waals surface area contributed by atoms with Gasteiger partial charge in [-0.05, 0) is 48.4 Å². The van der Waals surface area contributed by atoms with Crippen molar-refractivity contribution in [2.45, 2.75) is 6.92 Å². The first-order chi connectivity index (χ1) is 11.6. The Labute approximate surface area is 137 Å². The number of amides is 1. The number of fused-ring (bicyclic) bond motifs is 1. The monoisotopic (exact) mass is 324 g/mol. The summed E-state index contributed by atoms with van der Waals surface area (Å²) in [5, 5.41) is 11.7. The van der Waals surface area contributed by atoms with Crippen LogP contribution in [0.4, 0.5) is 10.1 Å². The van der Waals surface area contributed by atoms with Gasteiger partial charge in [0.05, 0.1) is 5.69 Å². The number of halogens is 1. The van der Waals surface area contributed by atoms with Gasteiger partial charge in [0.1, 0.15) is 17.5 Å². The fourth-order valence-electron chi connectivity index (χ4n) is 2.27. The van der Waals surface area contributed by atoms with Crippen molar-refractivity contribution >= 4 is 17.7 Å². The molecule has 1 aliphatic rings. The van der Waals surface area contributed by atoms with Gasteiger partial charge in [-0.15, -0.1) is 0 Å². The Hall–Kier alpha value is -3.33. The third kappa shape index (κ3) is 3.06. The van der Waals surface area contributed by atoms with E-state index >= 15 is 0 Å². The van der Waals surface area contributed by atoms with E-state index in [1.165, 1.54) is 24.3 Å². The SMILES string of the molecule is Cc1cc2c(cc1/C=C(\C#N)C(=O)Nc1ccccc1F)OCO2. The number of nitrogens with zero attached hydrogens (tertiary/aromatic N) is 1. The van der Waals surface area contributed by atoms with Crippen LogP contribution in [-0.4, -0.2) is 12.7 Å². The topological polar surface area (TPSA) is 71.4 Å². The highest BCUT2D eigenvalue weighted by Crippen LogP contribution is 2.35. The van der Waals surface area contributed by atoms with Crippen molar-refractivity contribution in [3.8, 4) is 17.6 Å². The lowest BCUT2D eigenvalue weighted by molar-refractivity contribution is -0.112. The second-order valence-electron chi connectivity index (χ2n) is 5.17. The summed E-state index contributed by atoms with van der Waals surface area (Å²) in [6.45, 7) is 1.97. The number of benzene rings is 2. The molecule has 1 N–H and O–H groups in total. The number of aryl methyl sites for hydroxylation is 1. The molecule has 3 rings (SSSR count). The van der Waals surface area contributed by atoms with Crippen LogP contribution >= 0.6 is 0 Å². The van der Waals surface area contributed by atoms with Crippen molar-refractivity contribution in [2.75, 3.05) is 12.1 Å². The highest BCUT2D eigenvalue weighted by molar-refractivity contribution is 6.09. The third-order valence-corrected chi connectivity index (χ3v) is 3.55. The molecule has 0 aliphatic carbocycles. The van der Waals surface area contributed by atoms with Crippen LogP contribution < -0.4 is 14.8 Å². The molecule has 0 bridgehead atoms. The molecule has 1 aliphatic heterocycles. The Morgan fingerprint density at radius 1 is 1.29 bits per heavy atom. The summed E-state index contributed by atoms with van der Waals surface area (Å²) in [5.41, 5.74) is 1.36. The molecule has 2 aromatic carbocycles. The molecule has 2 aromatic rings. The van der Waals surface area contributed by atoms with Gasteiger partial charge in [-0.3, -0.25) is 4.79 Å². The molecule has 0 saturated heterocycles. The van der Waals surface area contributed by atoms with Crippen LogP contribution in [0.5, 0.6) is 11.5 Å². The molecular weight excluding hydrogens is 311 g/mol. The largest absolute Gasteiger partial charge is 0.454 e. The normalized spacial score (nSPS) is 12.6. The summed E-state index contributed by atoms with van der Waals surface area (Å²) in [5.74, 6) is -0.0697. The van der Waals surface area contributed by atoms with Crippen LogP contribution in [0.15, 0.2) is 42.0 Å². The maximum atomic E-state index is 13.6. The van der Waals surface area contributed by atoms with Gasteiger partial charge in [-0.25, -0.2) is 4.39 Å². The molecule has 0 aromatic heterocycles. The number of ether oxygens (including phenoxy) is 2. The first-order valence-corrected chi connectivity index (χ1v) is 7.16. The summed E-state index contributed by atoms with van der Waals surface area (Å²) in [4.78, 5) is 12.2. The smallest absolute Gasteiger partial charge is 0.266 e. The molecule has 0 saturated carbocycles. The fraction of sp³-hybridized carbons (Fsp3) is 0.111. The average molecular weight is 324 g/mol. The number of nitrogens with one attached hydrogen (secondary N) is 1. The molecule has 24 heavy (non-hydrogen) atoms. The van der Waals surface area contributed by atoms with Crippen LogP contribution in [0.1, 0.15) is 11.1 Å². The zero-order chi connectivity index (χ0) is 17.1. The molecule has 0 atom stereocenters. The number of hydrogen-bond acceptors (Lipinski definition) is 4. The molecular formula is C18H13FN2O3. The van der Waals surface area contributed by atoms with E-state index in [0.717, 1.165) is 5.56 Å². The Kier molecular flexibility index (Phi) is 4.17. The minimum absolute atomic E-state index is 0.0195. The molecule has 1 heterocycles. The summed E-state index contributed by atoms with van der Waals surface area (Å²) in [7, 11) is 0. The van der Waals surface area contributed by atoms with E-state index in [9.17, 15) is 14.4 Å². The van der Waals surface area contributed by atoms with Gasteiger partial charge >= 0.3 is 0 Å². The Morgan fingerprint density at radius 3 is 2.71 bits per heavy atom. The Bertz CT molecular complexity index is 884. The fourth-order valence-corrected chi connectivity index (χ4v) is 2.27. The molecule has 1 amide bonds. The Balaban J connectivity index is 1.89. The van der Waals surface area contributed by atoms with Crippen molar-refractivity contribution in [3.63, 3.8) is 0 Å². The predicted octanol–water partition coefficient (Wildman–Crippen LogP) is 3.41. The van der Waals surface area contributed by atoms with Crippen molar-refractivity contribution < 1.29 is 18.7 Å². The standard InChI is InChI=1S/C18H13FN2O3/c1-11-6-16-17(24-10-23-16)8-12(11)7-13(9-20)18(22)21-15-5-3-2-4-14(15)19/h2-8H,10H2,1H3,(H,21,22)/b13-7+. The second-order valence-corrected chi connectivity index (χ2v) is 5.17. The summed E-state index contributed by atoms with van der Waals surface area (Å²) in [6, 6.07) is 11.1. The van der Waals surface area contributed by atoms with Crippen LogP contribution in [0.3, 0.4) is 0 Å². The maximum Gasteiger partial charge on any atom is 0.266 e. The Morgan fingerprint density at radius 2 is 2.00 bits per heavy atom. The summed E-state index contributed by atoms with van der Waals surface area (Å²) in [6.07, 6.45) is 1.44. The first kappa shape index (κ1) is 15.6. The summed E-state index contributed by atoms with van der Waals surface area (Å²) >= 11 is 0. The minimum Gasteiger partial charge on any atom is -0.454 e. The zero-order valence-corrected chi connectivity index (χ0v) is 12.8. The molecule has 5 nitrogen and oxygen atoms in total. The van der Waals surface area contributed by atoms with E-state index in [1.807, 2.05) is 13.0 Å². The van der Waals surface area contributed by atoms with Crippen molar-refractivity contribution in [1.82, 2.24) is 0 Å². The number of carbonyl (C=O) groups excluding carboxylic acids is 1. The van der Waals surface area contributed by atoms with Gasteiger partial charge in [-0.2, -0.15) is 5.26 Å². The average Bonchev–Trinajstić information content (AvgIpc) is 3.01. The number of rotatable bonds is 3. The summed E-state index contributed by atoms with van der Waals surface area (Å²) < 4.78 is 24.2. The highest BCUT2D eigenvalue weighted by Gasteiger charge is 2.17. The van der Waals surface area contributed by atoms with Crippen LogP contribution in [-0.2, 0) is 4.79 Å². The number of anilines is 1. The van der Waals surface area contributed by atoms with Crippen molar-refractivity contribution in [1.29, 1.82) is 5.26 Å². The number of nitriles is 1. The molecule has 0 unspecified atom stereocenters. The van der Waals surface area contributed by atoms with Crippen LogP contribution in [0.2, 0.25) is 0 Å². The maximum absolute atomic E-state index is 13.6. The minimum atomic E-state index is -0.681. The van der Waals surface area contributed by atoms with E-state index < -0.39 is 11.7 Å². The quantitative estimate of drug-likeness (QED) is 0.694. The lowest BCUT2D eigenvalue weighted by Crippen LogP contribution is -2.14. The molecule has 6 heteroatoms. The van der Waals surface area contributed by atoms with Gasteiger partial charge in [0.25, 0.3) is 5.91 Å². The number of carbonyl (C=O) groups is 1. The first-order valence-electron chi connectivity index (χ1n) is 7.16. The molecule has 0 fully saturated rings. The van der Waals surface area contributed by atoms with Gasteiger partial charge in [0, 0.05) is 0 Å². The molecule has 120 valence electrons. The zero-order valence-electron chi connectivity index (χ0n) is 12.8. The van der Waals surface area contributed by atoms with E-state index in [1.54, 1.807) is 18.2 Å². The number of hydrogen-bond donors (Lipinski definition) is 1. The van der Waals surface area contributed by atoms with Gasteiger partial charge < -0.3 is 14.8 Å². The van der Waals surface area contributed by atoms with E-state index in [2.05, 4.69) is 5.32 Å². The number of para-hydroxylation sites is 1. The molecule has 0 radical (unpaired) electrons. The van der Waals surface area contributed by atoms with E-state index in [0.29, 0.717) is 17.1 Å². The van der Waals surface area contributed by atoms with Crippen LogP contribution in [0, 0.1) is 24.1 Å². The van der Waals surface area contributed by atoms with Gasteiger partial charge in [0.15, 0.2) is 11.5 Å². The lowest BCUT2D eigenvalue weighted by Gasteiger charge is -2.07. The predicted molar refractivity (Wildman–Crippen MR) is 85.9 cm³/mol. The third-order valence-electron chi connectivity index (χ3n) is 3.55. The lowest BCUT2D eigenvalue weighted by atomic mass is 10.0. The van der Waals surface area contributed by atoms with E-state index in [-0.39, 0.29) is 18.1 Å². The van der Waals surface area contributed by atoms with Gasteiger partial charge in [-0.1, -0.05) is 12.1 Å².